The molecule has 1 atom stereocenters. The molecule has 2 heterocycles. The summed E-state index contributed by atoms with van der Waals surface area (Å²) in [6.45, 7) is 2.32. The van der Waals surface area contributed by atoms with Gasteiger partial charge in [-0.2, -0.15) is 0 Å². The van der Waals surface area contributed by atoms with E-state index in [1.807, 2.05) is 18.2 Å². The van der Waals surface area contributed by atoms with Crippen molar-refractivity contribution in [1.29, 1.82) is 0 Å². The fourth-order valence-corrected chi connectivity index (χ4v) is 2.86. The van der Waals surface area contributed by atoms with Crippen molar-refractivity contribution in [2.45, 2.75) is 24.7 Å². The highest BCUT2D eigenvalue weighted by atomic mass is 16.7. The third kappa shape index (κ3) is 2.11. The van der Waals surface area contributed by atoms with Crippen molar-refractivity contribution in [2.75, 3.05) is 26.9 Å². The van der Waals surface area contributed by atoms with Crippen molar-refractivity contribution < 1.29 is 14.2 Å². The zero-order chi connectivity index (χ0) is 12.4. The molecule has 0 aliphatic carbocycles. The van der Waals surface area contributed by atoms with Gasteiger partial charge >= 0.3 is 0 Å². The highest BCUT2D eigenvalue weighted by Crippen LogP contribution is 2.39. The van der Waals surface area contributed by atoms with E-state index in [4.69, 9.17) is 14.2 Å². The number of hydrogen-bond donors (Lipinski definition) is 1. The van der Waals surface area contributed by atoms with Crippen LogP contribution < -0.4 is 10.1 Å². The lowest BCUT2D eigenvalue weighted by Crippen LogP contribution is -2.44. The summed E-state index contributed by atoms with van der Waals surface area (Å²) >= 11 is 0. The number of hydrogen-bond acceptors (Lipinski definition) is 4. The van der Waals surface area contributed by atoms with Gasteiger partial charge in [0.25, 0.3) is 0 Å². The number of methoxy groups -OCH3 is 1. The summed E-state index contributed by atoms with van der Waals surface area (Å²) in [6.07, 6.45) is 1.76. The fraction of sp³-hybridized carbons (Fsp3) is 0.571. The van der Waals surface area contributed by atoms with Gasteiger partial charge in [-0.25, -0.2) is 0 Å². The molecular formula is C14H19NO3. The van der Waals surface area contributed by atoms with Gasteiger partial charge in [-0.3, -0.25) is 0 Å². The van der Waals surface area contributed by atoms with Gasteiger partial charge in [0.2, 0.25) is 0 Å². The first-order chi connectivity index (χ1) is 8.83. The van der Waals surface area contributed by atoms with Gasteiger partial charge in [-0.05, 0) is 6.07 Å². The van der Waals surface area contributed by atoms with E-state index in [9.17, 15) is 0 Å². The highest BCUT2D eigenvalue weighted by molar-refractivity contribution is 5.36. The zero-order valence-electron chi connectivity index (χ0n) is 10.6. The lowest BCUT2D eigenvalue weighted by Gasteiger charge is -2.37. The second kappa shape index (κ2) is 4.88. The third-order valence-electron chi connectivity index (χ3n) is 3.74. The monoisotopic (exact) mass is 249 g/mol. The third-order valence-corrected chi connectivity index (χ3v) is 3.74. The normalized spacial score (nSPS) is 26.4. The van der Waals surface area contributed by atoms with Crippen LogP contribution in [0.15, 0.2) is 24.3 Å². The second-order valence-electron chi connectivity index (χ2n) is 4.81. The standard InChI is InChI=1S/C14H19NO3/c1-16-13-5-3-2-4-11(13)12-10-14(6-7-15-12)17-8-9-18-14/h2-5,12,15H,6-10H2,1H3. The molecule has 0 bridgehead atoms. The maximum Gasteiger partial charge on any atom is 0.171 e. The minimum Gasteiger partial charge on any atom is -0.496 e. The van der Waals surface area contributed by atoms with E-state index >= 15 is 0 Å². The Labute approximate surface area is 107 Å². The van der Waals surface area contributed by atoms with E-state index < -0.39 is 0 Å². The molecule has 1 spiro atoms. The average Bonchev–Trinajstić information content (AvgIpc) is 2.86. The summed E-state index contributed by atoms with van der Waals surface area (Å²) in [7, 11) is 1.71. The Morgan fingerprint density at radius 2 is 2.06 bits per heavy atom. The van der Waals surface area contributed by atoms with Gasteiger partial charge < -0.3 is 19.5 Å². The molecule has 1 aromatic carbocycles. The Hall–Kier alpha value is -1.10. The number of nitrogens with one attached hydrogen (secondary N) is 1. The minimum absolute atomic E-state index is 0.230. The molecule has 18 heavy (non-hydrogen) atoms. The Kier molecular flexibility index (Phi) is 3.24. The van der Waals surface area contributed by atoms with Crippen LogP contribution in [0.5, 0.6) is 5.75 Å². The fourth-order valence-electron chi connectivity index (χ4n) is 2.86. The molecule has 98 valence electrons. The van der Waals surface area contributed by atoms with Crippen molar-refractivity contribution in [3.8, 4) is 5.75 Å². The van der Waals surface area contributed by atoms with E-state index in [2.05, 4.69) is 11.4 Å². The van der Waals surface area contributed by atoms with E-state index in [1.54, 1.807) is 7.11 Å². The molecule has 1 unspecified atom stereocenters. The molecule has 3 rings (SSSR count). The van der Waals surface area contributed by atoms with Gasteiger partial charge in [0, 0.05) is 31.0 Å². The summed E-state index contributed by atoms with van der Waals surface area (Å²) < 4.78 is 17.0. The molecule has 4 heteroatoms. The summed E-state index contributed by atoms with van der Waals surface area (Å²) in [4.78, 5) is 0. The first kappa shape index (κ1) is 12.0. The van der Waals surface area contributed by atoms with Crippen molar-refractivity contribution in [2.24, 2.45) is 0 Å². The van der Waals surface area contributed by atoms with Gasteiger partial charge in [0.1, 0.15) is 5.75 Å². The molecule has 0 radical (unpaired) electrons. The maximum absolute atomic E-state index is 5.80. The van der Waals surface area contributed by atoms with Crippen LogP contribution in [0.25, 0.3) is 0 Å². The smallest absolute Gasteiger partial charge is 0.171 e. The quantitative estimate of drug-likeness (QED) is 0.868. The zero-order valence-corrected chi connectivity index (χ0v) is 10.6. The molecule has 0 saturated carbocycles. The van der Waals surface area contributed by atoms with Crippen LogP contribution >= 0.6 is 0 Å². The molecule has 0 aromatic heterocycles. The molecule has 1 N–H and O–H groups in total. The van der Waals surface area contributed by atoms with Crippen molar-refractivity contribution in [3.63, 3.8) is 0 Å². The molecule has 0 amide bonds. The molecule has 2 aliphatic rings. The predicted octanol–water partition coefficient (Wildman–Crippen LogP) is 1.86. The number of benzene rings is 1. The summed E-state index contributed by atoms with van der Waals surface area (Å²) in [5.74, 6) is 0.543. The van der Waals surface area contributed by atoms with Crippen molar-refractivity contribution in [1.82, 2.24) is 5.32 Å². The summed E-state index contributed by atoms with van der Waals surface area (Å²) in [5, 5.41) is 3.52. The minimum atomic E-state index is -0.378. The van der Waals surface area contributed by atoms with Gasteiger partial charge in [-0.1, -0.05) is 18.2 Å². The number of piperidine rings is 1. The topological polar surface area (TPSA) is 39.7 Å². The first-order valence-corrected chi connectivity index (χ1v) is 6.47. The number of ether oxygens (including phenoxy) is 3. The van der Waals surface area contributed by atoms with Crippen LogP contribution in [0.3, 0.4) is 0 Å². The Bertz CT molecular complexity index is 415. The van der Waals surface area contributed by atoms with E-state index in [0.29, 0.717) is 13.2 Å². The molecule has 2 saturated heterocycles. The first-order valence-electron chi connectivity index (χ1n) is 6.47. The van der Waals surface area contributed by atoms with Crippen LogP contribution in [0.2, 0.25) is 0 Å². The molecule has 1 aromatic rings. The maximum atomic E-state index is 5.80. The van der Waals surface area contributed by atoms with E-state index in [-0.39, 0.29) is 11.8 Å². The van der Waals surface area contributed by atoms with Crippen LogP contribution in [0.1, 0.15) is 24.4 Å². The Morgan fingerprint density at radius 1 is 1.28 bits per heavy atom. The van der Waals surface area contributed by atoms with Crippen LogP contribution in [0.4, 0.5) is 0 Å². The van der Waals surface area contributed by atoms with Gasteiger partial charge in [-0.15, -0.1) is 0 Å². The molecule has 2 fully saturated rings. The molecule has 2 aliphatic heterocycles. The number of para-hydroxylation sites is 1. The van der Waals surface area contributed by atoms with Crippen LogP contribution in [-0.4, -0.2) is 32.7 Å². The van der Waals surface area contributed by atoms with Crippen LogP contribution in [0, 0.1) is 0 Å². The van der Waals surface area contributed by atoms with Crippen molar-refractivity contribution >= 4 is 0 Å². The van der Waals surface area contributed by atoms with Gasteiger partial charge in [0.05, 0.1) is 20.3 Å². The highest BCUT2D eigenvalue weighted by Gasteiger charge is 2.42. The Morgan fingerprint density at radius 3 is 2.83 bits per heavy atom. The van der Waals surface area contributed by atoms with Crippen molar-refractivity contribution in [3.05, 3.63) is 29.8 Å². The van der Waals surface area contributed by atoms with Gasteiger partial charge in [0.15, 0.2) is 5.79 Å². The average molecular weight is 249 g/mol. The lowest BCUT2D eigenvalue weighted by molar-refractivity contribution is -0.180. The predicted molar refractivity (Wildman–Crippen MR) is 67.6 cm³/mol. The molecule has 4 nitrogen and oxygen atoms in total. The lowest BCUT2D eigenvalue weighted by atomic mass is 9.92. The second-order valence-corrected chi connectivity index (χ2v) is 4.81. The van der Waals surface area contributed by atoms with E-state index in [1.165, 1.54) is 5.56 Å². The SMILES string of the molecule is COc1ccccc1C1CC2(CCN1)OCCO2. The van der Waals surface area contributed by atoms with E-state index in [0.717, 1.165) is 25.1 Å². The number of rotatable bonds is 2. The Balaban J connectivity index is 1.83. The largest absolute Gasteiger partial charge is 0.496 e. The summed E-state index contributed by atoms with van der Waals surface area (Å²) in [6, 6.07) is 8.35. The molecular weight excluding hydrogens is 230 g/mol. The summed E-state index contributed by atoms with van der Waals surface area (Å²) in [5.41, 5.74) is 1.18. The van der Waals surface area contributed by atoms with Crippen LogP contribution in [-0.2, 0) is 9.47 Å².